The topological polar surface area (TPSA) is 67.3 Å². The van der Waals surface area contributed by atoms with Crippen molar-refractivity contribution in [1.29, 1.82) is 0 Å². The van der Waals surface area contributed by atoms with Crippen molar-refractivity contribution in [3.05, 3.63) is 36.7 Å². The van der Waals surface area contributed by atoms with Gasteiger partial charge in [0, 0.05) is 24.7 Å². The Labute approximate surface area is 129 Å². The third-order valence-corrected chi connectivity index (χ3v) is 3.68. The van der Waals surface area contributed by atoms with Crippen LogP contribution in [0.25, 0.3) is 11.3 Å². The molecule has 0 bridgehead atoms. The number of amides is 2. The first kappa shape index (κ1) is 14.3. The molecule has 1 aromatic heterocycles. The number of methoxy groups -OCH3 is 1. The van der Waals surface area contributed by atoms with Crippen LogP contribution in [0.15, 0.2) is 36.7 Å². The lowest BCUT2D eigenvalue weighted by molar-refractivity contribution is 0.222. The number of rotatable bonds is 3. The highest BCUT2D eigenvalue weighted by atomic mass is 16.5. The number of benzene rings is 1. The number of anilines is 1. The molecule has 0 unspecified atom stereocenters. The van der Waals surface area contributed by atoms with Crippen LogP contribution in [-0.4, -0.2) is 41.1 Å². The highest BCUT2D eigenvalue weighted by molar-refractivity contribution is 5.89. The van der Waals surface area contributed by atoms with E-state index in [1.165, 1.54) is 6.33 Å². The summed E-state index contributed by atoms with van der Waals surface area (Å²) in [7, 11) is 1.62. The lowest BCUT2D eigenvalue weighted by atomic mass is 10.1. The number of nitrogens with zero attached hydrogens (tertiary/aromatic N) is 3. The van der Waals surface area contributed by atoms with E-state index in [4.69, 9.17) is 4.74 Å². The molecule has 0 aliphatic carbocycles. The number of carbonyl (C=O) groups excluding carboxylic acids is 1. The summed E-state index contributed by atoms with van der Waals surface area (Å²) in [5.41, 5.74) is 1.58. The number of ether oxygens (including phenoxy) is 1. The fourth-order valence-electron chi connectivity index (χ4n) is 2.54. The normalized spacial score (nSPS) is 14.0. The highest BCUT2D eigenvalue weighted by Crippen LogP contribution is 2.28. The van der Waals surface area contributed by atoms with Gasteiger partial charge in [0.1, 0.15) is 17.9 Å². The van der Waals surface area contributed by atoms with Crippen molar-refractivity contribution in [1.82, 2.24) is 14.9 Å². The molecule has 6 nitrogen and oxygen atoms in total. The Morgan fingerprint density at radius 3 is 2.77 bits per heavy atom. The Kier molecular flexibility index (Phi) is 4.18. The summed E-state index contributed by atoms with van der Waals surface area (Å²) in [6.45, 7) is 1.60. The molecule has 1 aromatic carbocycles. The van der Waals surface area contributed by atoms with Crippen LogP contribution in [0.3, 0.4) is 0 Å². The van der Waals surface area contributed by atoms with Crippen molar-refractivity contribution in [2.45, 2.75) is 12.8 Å². The van der Waals surface area contributed by atoms with E-state index in [0.29, 0.717) is 11.5 Å². The summed E-state index contributed by atoms with van der Waals surface area (Å²) in [4.78, 5) is 22.3. The van der Waals surface area contributed by atoms with E-state index < -0.39 is 0 Å². The summed E-state index contributed by atoms with van der Waals surface area (Å²) in [6.07, 6.45) is 3.56. The van der Waals surface area contributed by atoms with Gasteiger partial charge in [0.2, 0.25) is 0 Å². The van der Waals surface area contributed by atoms with Gasteiger partial charge in [0.05, 0.1) is 12.8 Å². The molecular weight excluding hydrogens is 280 g/mol. The Bertz CT molecular complexity index is 669. The maximum atomic E-state index is 12.1. The van der Waals surface area contributed by atoms with Crippen molar-refractivity contribution in [2.24, 2.45) is 0 Å². The fraction of sp³-hybridized carbons (Fsp3) is 0.312. The molecule has 1 fully saturated rings. The number of likely N-dealkylation sites (tertiary alicyclic amines) is 1. The van der Waals surface area contributed by atoms with Gasteiger partial charge in [-0.25, -0.2) is 14.8 Å². The Balaban J connectivity index is 1.81. The predicted octanol–water partition coefficient (Wildman–Crippen LogP) is 2.78. The smallest absolute Gasteiger partial charge is 0.323 e. The number of hydrogen-bond donors (Lipinski definition) is 1. The summed E-state index contributed by atoms with van der Waals surface area (Å²) in [5, 5.41) is 2.83. The first-order valence-electron chi connectivity index (χ1n) is 7.29. The second-order valence-corrected chi connectivity index (χ2v) is 5.11. The van der Waals surface area contributed by atoms with Gasteiger partial charge in [0.25, 0.3) is 0 Å². The van der Waals surface area contributed by atoms with Crippen LogP contribution < -0.4 is 10.1 Å². The van der Waals surface area contributed by atoms with Crippen LogP contribution in [0.1, 0.15) is 12.8 Å². The minimum atomic E-state index is -0.109. The quantitative estimate of drug-likeness (QED) is 0.946. The van der Waals surface area contributed by atoms with Crippen LogP contribution in [0.4, 0.5) is 10.6 Å². The van der Waals surface area contributed by atoms with E-state index in [2.05, 4.69) is 15.3 Å². The zero-order valence-electron chi connectivity index (χ0n) is 12.5. The third kappa shape index (κ3) is 3.00. The van der Waals surface area contributed by atoms with Crippen molar-refractivity contribution in [3.8, 4) is 17.0 Å². The van der Waals surface area contributed by atoms with E-state index in [-0.39, 0.29) is 6.03 Å². The van der Waals surface area contributed by atoms with Gasteiger partial charge in [-0.15, -0.1) is 0 Å². The van der Waals surface area contributed by atoms with E-state index in [0.717, 1.165) is 37.2 Å². The number of hydrogen-bond acceptors (Lipinski definition) is 4. The minimum Gasteiger partial charge on any atom is -0.496 e. The number of nitrogens with one attached hydrogen (secondary N) is 1. The number of para-hydroxylation sites is 1. The predicted molar refractivity (Wildman–Crippen MR) is 83.8 cm³/mol. The lowest BCUT2D eigenvalue weighted by Crippen LogP contribution is -2.32. The van der Waals surface area contributed by atoms with E-state index in [1.54, 1.807) is 18.1 Å². The van der Waals surface area contributed by atoms with Crippen molar-refractivity contribution in [3.63, 3.8) is 0 Å². The van der Waals surface area contributed by atoms with Gasteiger partial charge in [0.15, 0.2) is 0 Å². The monoisotopic (exact) mass is 298 g/mol. The van der Waals surface area contributed by atoms with Crippen molar-refractivity contribution < 1.29 is 9.53 Å². The first-order chi connectivity index (χ1) is 10.8. The molecule has 1 saturated heterocycles. The molecule has 1 N–H and O–H groups in total. The molecule has 0 spiro atoms. The highest BCUT2D eigenvalue weighted by Gasteiger charge is 2.18. The summed E-state index contributed by atoms with van der Waals surface area (Å²) < 4.78 is 5.35. The minimum absolute atomic E-state index is 0.109. The molecule has 1 aliphatic heterocycles. The van der Waals surface area contributed by atoms with Crippen molar-refractivity contribution in [2.75, 3.05) is 25.5 Å². The van der Waals surface area contributed by atoms with Gasteiger partial charge in [-0.3, -0.25) is 5.32 Å². The Hall–Kier alpha value is -2.63. The lowest BCUT2D eigenvalue weighted by Gasteiger charge is -2.16. The van der Waals surface area contributed by atoms with Gasteiger partial charge in [-0.2, -0.15) is 0 Å². The van der Waals surface area contributed by atoms with E-state index >= 15 is 0 Å². The summed E-state index contributed by atoms with van der Waals surface area (Å²) in [5.74, 6) is 1.23. The number of urea groups is 1. The van der Waals surface area contributed by atoms with Gasteiger partial charge < -0.3 is 9.64 Å². The SMILES string of the molecule is COc1ccccc1-c1cc(NC(=O)N2CCCC2)ncn1. The second-order valence-electron chi connectivity index (χ2n) is 5.11. The Morgan fingerprint density at radius 2 is 2.00 bits per heavy atom. The molecule has 1 aliphatic rings. The molecule has 0 atom stereocenters. The molecule has 0 radical (unpaired) electrons. The zero-order valence-corrected chi connectivity index (χ0v) is 12.5. The Morgan fingerprint density at radius 1 is 1.23 bits per heavy atom. The molecule has 6 heteroatoms. The zero-order chi connectivity index (χ0) is 15.4. The molecule has 2 aromatic rings. The van der Waals surface area contributed by atoms with Crippen molar-refractivity contribution >= 4 is 11.8 Å². The standard InChI is InChI=1S/C16H18N4O2/c1-22-14-7-3-2-6-12(14)13-10-15(18-11-17-13)19-16(21)20-8-4-5-9-20/h2-3,6-7,10-11H,4-5,8-9H2,1H3,(H,17,18,19,21). The van der Waals surface area contributed by atoms with Crippen LogP contribution >= 0.6 is 0 Å². The van der Waals surface area contributed by atoms with Crippen LogP contribution in [0, 0.1) is 0 Å². The van der Waals surface area contributed by atoms with Crippen LogP contribution in [0.2, 0.25) is 0 Å². The number of carbonyl (C=O) groups is 1. The van der Waals surface area contributed by atoms with Crippen LogP contribution in [-0.2, 0) is 0 Å². The summed E-state index contributed by atoms with van der Waals surface area (Å²) in [6, 6.07) is 9.27. The summed E-state index contributed by atoms with van der Waals surface area (Å²) >= 11 is 0. The fourth-order valence-corrected chi connectivity index (χ4v) is 2.54. The molecule has 2 heterocycles. The maximum Gasteiger partial charge on any atom is 0.323 e. The first-order valence-corrected chi connectivity index (χ1v) is 7.29. The van der Waals surface area contributed by atoms with Gasteiger partial charge in [-0.05, 0) is 25.0 Å². The average molecular weight is 298 g/mol. The second kappa shape index (κ2) is 6.43. The molecule has 114 valence electrons. The maximum absolute atomic E-state index is 12.1. The third-order valence-electron chi connectivity index (χ3n) is 3.68. The molecule has 2 amide bonds. The molecule has 0 saturated carbocycles. The van der Waals surface area contributed by atoms with E-state index in [9.17, 15) is 4.79 Å². The molecule has 3 rings (SSSR count). The van der Waals surface area contributed by atoms with Gasteiger partial charge >= 0.3 is 6.03 Å². The molecule has 22 heavy (non-hydrogen) atoms. The van der Waals surface area contributed by atoms with Crippen LogP contribution in [0.5, 0.6) is 5.75 Å². The average Bonchev–Trinajstić information content (AvgIpc) is 3.10. The largest absolute Gasteiger partial charge is 0.496 e. The van der Waals surface area contributed by atoms with Gasteiger partial charge in [-0.1, -0.05) is 12.1 Å². The number of aromatic nitrogens is 2. The van der Waals surface area contributed by atoms with E-state index in [1.807, 2.05) is 24.3 Å². The molecular formula is C16H18N4O2.